The second kappa shape index (κ2) is 6.53. The monoisotopic (exact) mass is 401 g/mol. The van der Waals surface area contributed by atoms with Crippen LogP contribution in [-0.2, 0) is 0 Å². The normalized spacial score (nSPS) is 11.4. The van der Waals surface area contributed by atoms with Crippen molar-refractivity contribution in [2.75, 3.05) is 0 Å². The molecular weight excluding hydrogens is 386 g/mol. The number of H-pyrrole nitrogens is 1. The van der Waals surface area contributed by atoms with Crippen molar-refractivity contribution >= 4 is 33.7 Å². The number of fused-ring (bicyclic) bond motifs is 2. The van der Waals surface area contributed by atoms with Gasteiger partial charge in [0.05, 0.1) is 22.2 Å². The van der Waals surface area contributed by atoms with Gasteiger partial charge in [-0.3, -0.25) is 4.79 Å². The molecule has 0 saturated carbocycles. The Hall–Kier alpha value is -3.51. The Morgan fingerprint density at radius 2 is 1.66 bits per heavy atom. The summed E-state index contributed by atoms with van der Waals surface area (Å²) >= 11 is 6.09. The van der Waals surface area contributed by atoms with Gasteiger partial charge in [-0.1, -0.05) is 41.9 Å². The van der Waals surface area contributed by atoms with Crippen molar-refractivity contribution in [3.8, 4) is 16.8 Å². The fourth-order valence-corrected chi connectivity index (χ4v) is 3.79. The van der Waals surface area contributed by atoms with Crippen LogP contribution in [0.2, 0.25) is 5.02 Å². The molecule has 2 aromatic carbocycles. The minimum atomic E-state index is -0.223. The number of nitrogens with zero attached hydrogens (tertiary/aromatic N) is 4. The summed E-state index contributed by atoms with van der Waals surface area (Å²) in [7, 11) is 0. The topological polar surface area (TPSA) is 76.5 Å². The molecule has 0 aliphatic heterocycles. The average Bonchev–Trinajstić information content (AvgIpc) is 3.04. The first kappa shape index (κ1) is 17.6. The standard InChI is InChI=1S/C22H16ClN5O/c1-12-17-18(14-8-10-15(23)11-9-14)19-20(24-13(2)25-22(19)29)26-21(17)28(27-12)16-6-4-3-5-7-16/h3-11H,1-2H3,(H,24,25,26,29). The van der Waals surface area contributed by atoms with Crippen LogP contribution in [0.25, 0.3) is 38.9 Å². The maximum atomic E-state index is 12.9. The quantitative estimate of drug-likeness (QED) is 0.469. The summed E-state index contributed by atoms with van der Waals surface area (Å²) in [6, 6.07) is 17.2. The number of aryl methyl sites for hydroxylation is 2. The average molecular weight is 402 g/mol. The Labute approximate surface area is 170 Å². The van der Waals surface area contributed by atoms with Crippen LogP contribution in [0.3, 0.4) is 0 Å². The lowest BCUT2D eigenvalue weighted by Crippen LogP contribution is -2.12. The van der Waals surface area contributed by atoms with Crippen LogP contribution in [0.1, 0.15) is 11.5 Å². The molecule has 3 aromatic heterocycles. The van der Waals surface area contributed by atoms with Gasteiger partial charge in [-0.2, -0.15) is 5.10 Å². The third-order valence-electron chi connectivity index (χ3n) is 4.90. The van der Waals surface area contributed by atoms with Gasteiger partial charge in [-0.15, -0.1) is 0 Å². The molecule has 0 unspecified atom stereocenters. The van der Waals surface area contributed by atoms with E-state index in [1.807, 2.05) is 61.5 Å². The molecule has 0 amide bonds. The molecule has 0 bridgehead atoms. The van der Waals surface area contributed by atoms with Crippen LogP contribution < -0.4 is 5.56 Å². The summed E-state index contributed by atoms with van der Waals surface area (Å²) in [5.41, 5.74) is 4.11. The van der Waals surface area contributed by atoms with Gasteiger partial charge in [0.15, 0.2) is 11.3 Å². The highest BCUT2D eigenvalue weighted by molar-refractivity contribution is 6.30. The van der Waals surface area contributed by atoms with E-state index in [1.54, 1.807) is 11.6 Å². The van der Waals surface area contributed by atoms with Gasteiger partial charge in [-0.05, 0) is 43.7 Å². The molecule has 142 valence electrons. The van der Waals surface area contributed by atoms with E-state index >= 15 is 0 Å². The fourth-order valence-electron chi connectivity index (χ4n) is 3.67. The van der Waals surface area contributed by atoms with Crippen LogP contribution in [-0.4, -0.2) is 24.7 Å². The first-order chi connectivity index (χ1) is 14.0. The third-order valence-corrected chi connectivity index (χ3v) is 5.15. The number of halogens is 1. The molecule has 0 fully saturated rings. The Bertz CT molecular complexity index is 1440. The molecule has 1 N–H and O–H groups in total. The van der Waals surface area contributed by atoms with Crippen molar-refractivity contribution in [2.24, 2.45) is 0 Å². The van der Waals surface area contributed by atoms with E-state index in [1.165, 1.54) is 0 Å². The molecule has 29 heavy (non-hydrogen) atoms. The van der Waals surface area contributed by atoms with Crippen LogP contribution in [0.15, 0.2) is 59.4 Å². The van der Waals surface area contributed by atoms with Gasteiger partial charge in [0.25, 0.3) is 5.56 Å². The van der Waals surface area contributed by atoms with E-state index in [9.17, 15) is 4.79 Å². The third kappa shape index (κ3) is 2.80. The highest BCUT2D eigenvalue weighted by Gasteiger charge is 2.21. The number of aromatic amines is 1. The molecule has 0 aliphatic carbocycles. The predicted octanol–water partition coefficient (Wildman–Crippen LogP) is 4.59. The number of nitrogens with one attached hydrogen (secondary N) is 1. The summed E-state index contributed by atoms with van der Waals surface area (Å²) in [5, 5.41) is 6.62. The van der Waals surface area contributed by atoms with Crippen molar-refractivity contribution < 1.29 is 0 Å². The summed E-state index contributed by atoms with van der Waals surface area (Å²) < 4.78 is 1.79. The molecule has 3 heterocycles. The number of para-hydroxylation sites is 1. The fraction of sp³-hybridized carbons (Fsp3) is 0.0909. The van der Waals surface area contributed by atoms with Gasteiger partial charge in [0.1, 0.15) is 5.82 Å². The largest absolute Gasteiger partial charge is 0.310 e. The van der Waals surface area contributed by atoms with Crippen molar-refractivity contribution in [3.63, 3.8) is 0 Å². The van der Waals surface area contributed by atoms with Gasteiger partial charge >= 0.3 is 0 Å². The summed E-state index contributed by atoms with van der Waals surface area (Å²) in [4.78, 5) is 24.9. The van der Waals surface area contributed by atoms with Crippen LogP contribution in [0.5, 0.6) is 0 Å². The number of benzene rings is 2. The van der Waals surface area contributed by atoms with Crippen molar-refractivity contribution in [1.82, 2.24) is 24.7 Å². The number of pyridine rings is 1. The van der Waals surface area contributed by atoms with Crippen LogP contribution >= 0.6 is 11.6 Å². The Balaban J connectivity index is 2.00. The zero-order valence-electron chi connectivity index (χ0n) is 15.8. The highest BCUT2D eigenvalue weighted by Crippen LogP contribution is 2.35. The Morgan fingerprint density at radius 1 is 0.931 bits per heavy atom. The molecule has 5 rings (SSSR count). The second-order valence-electron chi connectivity index (χ2n) is 6.88. The summed E-state index contributed by atoms with van der Waals surface area (Å²) in [6.45, 7) is 3.67. The van der Waals surface area contributed by atoms with E-state index in [0.29, 0.717) is 27.5 Å². The molecule has 7 heteroatoms. The van der Waals surface area contributed by atoms with Crippen LogP contribution in [0, 0.1) is 13.8 Å². The van der Waals surface area contributed by atoms with Crippen LogP contribution in [0.4, 0.5) is 0 Å². The van der Waals surface area contributed by atoms with Gasteiger partial charge in [0, 0.05) is 10.6 Å². The predicted molar refractivity (Wildman–Crippen MR) is 115 cm³/mol. The van der Waals surface area contributed by atoms with Crippen molar-refractivity contribution in [1.29, 1.82) is 0 Å². The lowest BCUT2D eigenvalue weighted by Gasteiger charge is -2.10. The van der Waals surface area contributed by atoms with E-state index in [-0.39, 0.29) is 5.56 Å². The SMILES string of the molecule is Cc1nc2nc3c(c(C)nn3-c3ccccc3)c(-c3ccc(Cl)cc3)c2c(=O)[nH]1. The lowest BCUT2D eigenvalue weighted by atomic mass is 9.99. The minimum Gasteiger partial charge on any atom is -0.310 e. The number of hydrogen-bond acceptors (Lipinski definition) is 4. The lowest BCUT2D eigenvalue weighted by molar-refractivity contribution is 0.878. The van der Waals surface area contributed by atoms with Gasteiger partial charge in [0.2, 0.25) is 0 Å². The molecule has 0 radical (unpaired) electrons. The Morgan fingerprint density at radius 3 is 2.38 bits per heavy atom. The molecule has 5 aromatic rings. The zero-order chi connectivity index (χ0) is 20.1. The second-order valence-corrected chi connectivity index (χ2v) is 7.31. The first-order valence-corrected chi connectivity index (χ1v) is 9.52. The molecule has 0 saturated heterocycles. The minimum absolute atomic E-state index is 0.223. The van der Waals surface area contributed by atoms with Gasteiger partial charge in [-0.25, -0.2) is 14.6 Å². The van der Waals surface area contributed by atoms with E-state index < -0.39 is 0 Å². The van der Waals surface area contributed by atoms with E-state index in [4.69, 9.17) is 21.7 Å². The van der Waals surface area contributed by atoms with Crippen molar-refractivity contribution in [3.05, 3.63) is 81.5 Å². The molecule has 0 spiro atoms. The molecule has 0 aliphatic rings. The maximum Gasteiger partial charge on any atom is 0.261 e. The zero-order valence-corrected chi connectivity index (χ0v) is 16.5. The van der Waals surface area contributed by atoms with E-state index in [0.717, 1.165) is 27.9 Å². The molecular formula is C22H16ClN5O. The molecule has 6 nitrogen and oxygen atoms in total. The van der Waals surface area contributed by atoms with E-state index in [2.05, 4.69) is 9.97 Å². The maximum absolute atomic E-state index is 12.9. The number of aromatic nitrogens is 5. The van der Waals surface area contributed by atoms with Crippen molar-refractivity contribution in [2.45, 2.75) is 13.8 Å². The summed E-state index contributed by atoms with van der Waals surface area (Å²) in [5.74, 6) is 0.513. The number of rotatable bonds is 2. The highest BCUT2D eigenvalue weighted by atomic mass is 35.5. The summed E-state index contributed by atoms with van der Waals surface area (Å²) in [6.07, 6.45) is 0. The first-order valence-electron chi connectivity index (χ1n) is 9.14. The smallest absolute Gasteiger partial charge is 0.261 e. The molecule has 0 atom stereocenters. The number of hydrogen-bond donors (Lipinski definition) is 1. The Kier molecular flexibility index (Phi) is 3.96. The van der Waals surface area contributed by atoms with Gasteiger partial charge < -0.3 is 4.98 Å².